The Balaban J connectivity index is 1.56. The molecule has 0 unspecified atom stereocenters. The van der Waals surface area contributed by atoms with Crippen molar-refractivity contribution in [3.8, 4) is 0 Å². The van der Waals surface area contributed by atoms with E-state index in [-0.39, 0.29) is 11.8 Å². The van der Waals surface area contributed by atoms with Crippen LogP contribution in [0.4, 0.5) is 0 Å². The van der Waals surface area contributed by atoms with Crippen LogP contribution in [0.25, 0.3) is 0 Å². The number of carbonyl (C=O) groups excluding carboxylic acids is 2. The van der Waals surface area contributed by atoms with Crippen LogP contribution in [0.2, 0.25) is 0 Å². The Morgan fingerprint density at radius 2 is 1.44 bits per heavy atom. The maximum absolute atomic E-state index is 12.5. The van der Waals surface area contributed by atoms with E-state index in [2.05, 4.69) is 0 Å². The second-order valence-corrected chi connectivity index (χ2v) is 6.64. The normalized spacial score (nSPS) is 14.5. The number of amides is 2. The summed E-state index contributed by atoms with van der Waals surface area (Å²) in [6, 6.07) is 15.6. The van der Waals surface area contributed by atoms with E-state index >= 15 is 0 Å². The van der Waals surface area contributed by atoms with Crippen LogP contribution < -0.4 is 0 Å². The zero-order valence-electron chi connectivity index (χ0n) is 14.9. The van der Waals surface area contributed by atoms with E-state index < -0.39 is 0 Å². The molecule has 0 atom stereocenters. The monoisotopic (exact) mass is 336 g/mol. The molecule has 2 aromatic rings. The molecule has 0 radical (unpaired) electrons. The molecule has 2 amide bonds. The third-order valence-corrected chi connectivity index (χ3v) is 4.82. The number of hydrogen-bond acceptors (Lipinski definition) is 2. The van der Waals surface area contributed by atoms with E-state index in [1.807, 2.05) is 72.2 Å². The first-order chi connectivity index (χ1) is 12.0. The van der Waals surface area contributed by atoms with Crippen LogP contribution in [0.1, 0.15) is 27.0 Å². The van der Waals surface area contributed by atoms with E-state index in [4.69, 9.17) is 0 Å². The highest BCUT2D eigenvalue weighted by molar-refractivity contribution is 5.94. The molecule has 0 aromatic heterocycles. The molecule has 1 fully saturated rings. The highest BCUT2D eigenvalue weighted by Crippen LogP contribution is 2.13. The fourth-order valence-electron chi connectivity index (χ4n) is 3.12. The molecule has 1 aliphatic rings. The zero-order chi connectivity index (χ0) is 17.8. The third-order valence-electron chi connectivity index (χ3n) is 4.82. The summed E-state index contributed by atoms with van der Waals surface area (Å²) in [6.07, 6.45) is 0.429. The Hall–Kier alpha value is -2.62. The molecule has 1 aliphatic heterocycles. The summed E-state index contributed by atoms with van der Waals surface area (Å²) in [6.45, 7) is 6.41. The first-order valence-corrected chi connectivity index (χ1v) is 8.73. The fraction of sp³-hybridized carbons (Fsp3) is 0.333. The third kappa shape index (κ3) is 4.08. The van der Waals surface area contributed by atoms with Crippen molar-refractivity contribution >= 4 is 11.8 Å². The lowest BCUT2D eigenvalue weighted by molar-refractivity contribution is -0.131. The molecule has 25 heavy (non-hydrogen) atoms. The summed E-state index contributed by atoms with van der Waals surface area (Å²) in [5.41, 5.74) is 4.07. The molecule has 0 N–H and O–H groups in total. The molecule has 4 heteroatoms. The van der Waals surface area contributed by atoms with Crippen LogP contribution in [0.3, 0.4) is 0 Å². The molecular formula is C21H24N2O2. The van der Waals surface area contributed by atoms with E-state index in [1.54, 1.807) is 0 Å². The zero-order valence-corrected chi connectivity index (χ0v) is 14.9. The topological polar surface area (TPSA) is 40.6 Å². The van der Waals surface area contributed by atoms with Gasteiger partial charge in [-0.2, -0.15) is 0 Å². The molecule has 2 aromatic carbocycles. The van der Waals surface area contributed by atoms with Gasteiger partial charge in [0.1, 0.15) is 0 Å². The summed E-state index contributed by atoms with van der Waals surface area (Å²) in [5, 5.41) is 0. The van der Waals surface area contributed by atoms with Crippen molar-refractivity contribution in [2.45, 2.75) is 20.3 Å². The summed E-state index contributed by atoms with van der Waals surface area (Å²) < 4.78 is 0. The van der Waals surface area contributed by atoms with E-state index in [0.717, 1.165) is 16.7 Å². The second-order valence-electron chi connectivity index (χ2n) is 6.64. The van der Waals surface area contributed by atoms with Gasteiger partial charge in [-0.1, -0.05) is 42.0 Å². The van der Waals surface area contributed by atoms with Crippen molar-refractivity contribution in [1.29, 1.82) is 0 Å². The van der Waals surface area contributed by atoms with E-state index in [9.17, 15) is 9.59 Å². The largest absolute Gasteiger partial charge is 0.339 e. The summed E-state index contributed by atoms with van der Waals surface area (Å²) >= 11 is 0. The number of benzene rings is 2. The highest BCUT2D eigenvalue weighted by atomic mass is 16.2. The van der Waals surface area contributed by atoms with Gasteiger partial charge in [-0.15, -0.1) is 0 Å². The van der Waals surface area contributed by atoms with Crippen LogP contribution in [-0.2, 0) is 11.2 Å². The SMILES string of the molecule is Cc1ccc(C(=O)N2CCN(C(=O)Cc3ccccc3C)CC2)cc1. The van der Waals surface area contributed by atoms with Gasteiger partial charge in [0.05, 0.1) is 6.42 Å². The van der Waals surface area contributed by atoms with Gasteiger partial charge in [0.2, 0.25) is 5.91 Å². The van der Waals surface area contributed by atoms with Gasteiger partial charge in [-0.25, -0.2) is 0 Å². The first kappa shape index (κ1) is 17.2. The summed E-state index contributed by atoms with van der Waals surface area (Å²) in [5.74, 6) is 0.183. The smallest absolute Gasteiger partial charge is 0.253 e. The first-order valence-electron chi connectivity index (χ1n) is 8.73. The second kappa shape index (κ2) is 7.51. The lowest BCUT2D eigenvalue weighted by Gasteiger charge is -2.35. The minimum atomic E-state index is 0.0472. The molecule has 1 saturated heterocycles. The van der Waals surface area contributed by atoms with Gasteiger partial charge in [-0.3, -0.25) is 9.59 Å². The van der Waals surface area contributed by atoms with Crippen LogP contribution >= 0.6 is 0 Å². The molecule has 0 aliphatic carbocycles. The van der Waals surface area contributed by atoms with Gasteiger partial charge in [-0.05, 0) is 37.1 Å². The van der Waals surface area contributed by atoms with Crippen LogP contribution in [0.15, 0.2) is 48.5 Å². The summed E-state index contributed by atoms with van der Waals surface area (Å²) in [7, 11) is 0. The minimum Gasteiger partial charge on any atom is -0.339 e. The maximum Gasteiger partial charge on any atom is 0.253 e. The molecule has 0 saturated carbocycles. The van der Waals surface area contributed by atoms with Crippen molar-refractivity contribution < 1.29 is 9.59 Å². The molecule has 1 heterocycles. The van der Waals surface area contributed by atoms with Gasteiger partial charge in [0.15, 0.2) is 0 Å². The van der Waals surface area contributed by atoms with Crippen LogP contribution in [0, 0.1) is 13.8 Å². The van der Waals surface area contributed by atoms with Gasteiger partial charge >= 0.3 is 0 Å². The lowest BCUT2D eigenvalue weighted by Crippen LogP contribution is -2.51. The van der Waals surface area contributed by atoms with E-state index in [0.29, 0.717) is 38.2 Å². The number of piperazine rings is 1. The molecule has 130 valence electrons. The maximum atomic E-state index is 12.5. The van der Waals surface area contributed by atoms with Crippen LogP contribution in [0.5, 0.6) is 0 Å². The quantitative estimate of drug-likeness (QED) is 0.865. The van der Waals surface area contributed by atoms with Crippen molar-refractivity contribution in [2.75, 3.05) is 26.2 Å². The average Bonchev–Trinajstić information content (AvgIpc) is 2.64. The van der Waals surface area contributed by atoms with Gasteiger partial charge in [0.25, 0.3) is 5.91 Å². The molecule has 0 spiro atoms. The standard InChI is InChI=1S/C21H24N2O2/c1-16-7-9-18(10-8-16)21(25)23-13-11-22(12-14-23)20(24)15-19-6-4-3-5-17(19)2/h3-10H,11-15H2,1-2H3. The molecular weight excluding hydrogens is 312 g/mol. The van der Waals surface area contributed by atoms with Crippen molar-refractivity contribution in [1.82, 2.24) is 9.80 Å². The number of rotatable bonds is 3. The number of nitrogens with zero attached hydrogens (tertiary/aromatic N) is 2. The Labute approximate surface area is 149 Å². The Bertz CT molecular complexity index is 760. The Morgan fingerprint density at radius 3 is 2.08 bits per heavy atom. The molecule has 0 bridgehead atoms. The minimum absolute atomic E-state index is 0.0472. The van der Waals surface area contributed by atoms with E-state index in [1.165, 1.54) is 0 Å². The Morgan fingerprint density at radius 1 is 0.840 bits per heavy atom. The summed E-state index contributed by atoms with van der Waals surface area (Å²) in [4.78, 5) is 28.8. The predicted molar refractivity (Wildman–Crippen MR) is 98.5 cm³/mol. The average molecular weight is 336 g/mol. The van der Waals surface area contributed by atoms with Crippen molar-refractivity contribution in [2.24, 2.45) is 0 Å². The Kier molecular flexibility index (Phi) is 5.17. The fourth-order valence-corrected chi connectivity index (χ4v) is 3.12. The highest BCUT2D eigenvalue weighted by Gasteiger charge is 2.24. The predicted octanol–water partition coefficient (Wildman–Crippen LogP) is 2.83. The van der Waals surface area contributed by atoms with Gasteiger partial charge in [0, 0.05) is 31.7 Å². The van der Waals surface area contributed by atoms with Crippen LogP contribution in [-0.4, -0.2) is 47.8 Å². The number of hydrogen-bond donors (Lipinski definition) is 0. The number of carbonyl (C=O) groups is 2. The van der Waals surface area contributed by atoms with Gasteiger partial charge < -0.3 is 9.80 Å². The van der Waals surface area contributed by atoms with Crippen molar-refractivity contribution in [3.63, 3.8) is 0 Å². The molecule has 3 rings (SSSR count). The lowest BCUT2D eigenvalue weighted by atomic mass is 10.1. The number of aryl methyl sites for hydroxylation is 2. The molecule has 4 nitrogen and oxygen atoms in total. The van der Waals surface area contributed by atoms with Crippen molar-refractivity contribution in [3.05, 3.63) is 70.8 Å².